The summed E-state index contributed by atoms with van der Waals surface area (Å²) in [6.07, 6.45) is 0. The molecule has 0 unspecified atom stereocenters. The molecule has 0 amide bonds. The Morgan fingerprint density at radius 2 is 2.11 bits per heavy atom. The largest absolute Gasteiger partial charge is 0.311 e. The molecule has 0 aliphatic carbocycles. The van der Waals surface area contributed by atoms with Crippen molar-refractivity contribution in [2.45, 2.75) is 26.9 Å². The Hall–Kier alpha value is -0.680. The molecule has 0 fully saturated rings. The van der Waals surface area contributed by atoms with E-state index in [-0.39, 0.29) is 0 Å². The zero-order chi connectivity index (χ0) is 13.5. The van der Waals surface area contributed by atoms with Crippen LogP contribution in [0.1, 0.15) is 22.2 Å². The quantitative estimate of drug-likeness (QED) is 0.746. The highest BCUT2D eigenvalue weighted by molar-refractivity contribution is 7.10. The summed E-state index contributed by atoms with van der Waals surface area (Å²) < 4.78 is 0. The van der Waals surface area contributed by atoms with Crippen LogP contribution in [0, 0.1) is 6.92 Å². The van der Waals surface area contributed by atoms with Gasteiger partial charge in [0.1, 0.15) is 0 Å². The Kier molecular flexibility index (Phi) is 6.04. The number of nitrogens with one attached hydrogen (secondary N) is 1. The van der Waals surface area contributed by atoms with Gasteiger partial charge in [0.25, 0.3) is 0 Å². The average molecular weight is 294 g/mol. The maximum Gasteiger partial charge on any atom is 0.0328 e. The Bertz CT molecular complexity index is 462. The first-order valence-corrected chi connectivity index (χ1v) is 8.54. The molecule has 0 saturated carbocycles. The molecule has 2 aromatic rings. The molecule has 2 heterocycles. The van der Waals surface area contributed by atoms with Gasteiger partial charge in [0.2, 0.25) is 0 Å². The highest BCUT2D eigenvalue weighted by Crippen LogP contribution is 2.14. The second kappa shape index (κ2) is 7.80. The molecule has 4 heteroatoms. The van der Waals surface area contributed by atoms with E-state index in [9.17, 15) is 0 Å². The number of likely N-dealkylation sites (N-methyl/N-ethyl adjacent to an activating group) is 1. The minimum Gasteiger partial charge on any atom is -0.311 e. The molecule has 2 rings (SSSR count). The summed E-state index contributed by atoms with van der Waals surface area (Å²) >= 11 is 3.69. The summed E-state index contributed by atoms with van der Waals surface area (Å²) in [5.74, 6) is 0. The van der Waals surface area contributed by atoms with Gasteiger partial charge in [-0.1, -0.05) is 13.0 Å². The fourth-order valence-corrected chi connectivity index (χ4v) is 3.62. The summed E-state index contributed by atoms with van der Waals surface area (Å²) in [6.45, 7) is 9.76. The SMILES string of the molecule is CCN(CCNCc1sccc1C)Cc1cccs1. The highest BCUT2D eigenvalue weighted by atomic mass is 32.1. The van der Waals surface area contributed by atoms with E-state index in [1.807, 2.05) is 22.7 Å². The first-order chi connectivity index (χ1) is 9.29. The lowest BCUT2D eigenvalue weighted by molar-refractivity contribution is 0.281. The molecule has 0 bridgehead atoms. The van der Waals surface area contributed by atoms with Crippen molar-refractivity contribution in [3.63, 3.8) is 0 Å². The smallest absolute Gasteiger partial charge is 0.0328 e. The molecule has 0 aliphatic heterocycles. The zero-order valence-electron chi connectivity index (χ0n) is 11.7. The second-order valence-electron chi connectivity index (χ2n) is 4.65. The normalized spacial score (nSPS) is 11.3. The van der Waals surface area contributed by atoms with Crippen molar-refractivity contribution in [1.82, 2.24) is 10.2 Å². The van der Waals surface area contributed by atoms with Gasteiger partial charge < -0.3 is 5.32 Å². The molecule has 1 N–H and O–H groups in total. The van der Waals surface area contributed by atoms with Crippen LogP contribution in [-0.2, 0) is 13.1 Å². The Morgan fingerprint density at radius 3 is 2.74 bits per heavy atom. The van der Waals surface area contributed by atoms with Gasteiger partial charge in [0, 0.05) is 35.9 Å². The monoisotopic (exact) mass is 294 g/mol. The Morgan fingerprint density at radius 1 is 1.21 bits per heavy atom. The fourth-order valence-electron chi connectivity index (χ4n) is 2.00. The van der Waals surface area contributed by atoms with Crippen LogP contribution in [0.2, 0.25) is 0 Å². The number of hydrogen-bond acceptors (Lipinski definition) is 4. The zero-order valence-corrected chi connectivity index (χ0v) is 13.3. The van der Waals surface area contributed by atoms with Gasteiger partial charge in [-0.2, -0.15) is 0 Å². The standard InChI is InChI=1S/C15H22N2S2/c1-3-17(12-14-5-4-9-18-14)8-7-16-11-15-13(2)6-10-19-15/h4-6,9-10,16H,3,7-8,11-12H2,1-2H3. The third-order valence-electron chi connectivity index (χ3n) is 3.27. The van der Waals surface area contributed by atoms with Gasteiger partial charge in [-0.15, -0.1) is 22.7 Å². The van der Waals surface area contributed by atoms with Crippen molar-refractivity contribution in [2.75, 3.05) is 19.6 Å². The van der Waals surface area contributed by atoms with Gasteiger partial charge in [0.05, 0.1) is 0 Å². The van der Waals surface area contributed by atoms with E-state index in [1.54, 1.807) is 0 Å². The van der Waals surface area contributed by atoms with Crippen LogP contribution in [0.5, 0.6) is 0 Å². The van der Waals surface area contributed by atoms with Crippen LogP contribution in [0.4, 0.5) is 0 Å². The molecule has 0 atom stereocenters. The molecular formula is C15H22N2S2. The summed E-state index contributed by atoms with van der Waals surface area (Å²) in [7, 11) is 0. The van der Waals surface area contributed by atoms with Crippen molar-refractivity contribution in [2.24, 2.45) is 0 Å². The van der Waals surface area contributed by atoms with Crippen molar-refractivity contribution >= 4 is 22.7 Å². The van der Waals surface area contributed by atoms with Crippen LogP contribution >= 0.6 is 22.7 Å². The summed E-state index contributed by atoms with van der Waals surface area (Å²) in [5, 5.41) is 7.87. The molecule has 0 saturated heterocycles. The molecule has 104 valence electrons. The minimum absolute atomic E-state index is 1.00. The van der Waals surface area contributed by atoms with Gasteiger partial charge in [0.15, 0.2) is 0 Å². The first-order valence-electron chi connectivity index (χ1n) is 6.78. The van der Waals surface area contributed by atoms with Crippen LogP contribution < -0.4 is 5.32 Å². The summed E-state index contributed by atoms with van der Waals surface area (Å²) in [4.78, 5) is 5.40. The summed E-state index contributed by atoms with van der Waals surface area (Å²) in [5.41, 5.74) is 1.41. The molecule has 0 aromatic carbocycles. The molecule has 0 spiro atoms. The lowest BCUT2D eigenvalue weighted by Gasteiger charge is -2.19. The highest BCUT2D eigenvalue weighted by Gasteiger charge is 2.04. The third-order valence-corrected chi connectivity index (χ3v) is 5.15. The molecule has 2 aromatic heterocycles. The molecule has 2 nitrogen and oxygen atoms in total. The summed E-state index contributed by atoms with van der Waals surface area (Å²) in [6, 6.07) is 6.54. The van der Waals surface area contributed by atoms with E-state index in [0.29, 0.717) is 0 Å². The fraction of sp³-hybridized carbons (Fsp3) is 0.467. The number of thiophene rings is 2. The van der Waals surface area contributed by atoms with Gasteiger partial charge in [-0.25, -0.2) is 0 Å². The van der Waals surface area contributed by atoms with Crippen LogP contribution in [-0.4, -0.2) is 24.5 Å². The average Bonchev–Trinajstić information content (AvgIpc) is 3.05. The van der Waals surface area contributed by atoms with Crippen LogP contribution in [0.15, 0.2) is 29.0 Å². The third kappa shape index (κ3) is 4.73. The minimum atomic E-state index is 1.00. The van der Waals surface area contributed by atoms with Crippen LogP contribution in [0.25, 0.3) is 0 Å². The van der Waals surface area contributed by atoms with E-state index in [4.69, 9.17) is 0 Å². The van der Waals surface area contributed by atoms with E-state index in [0.717, 1.165) is 32.7 Å². The van der Waals surface area contributed by atoms with Crippen molar-refractivity contribution in [3.8, 4) is 0 Å². The number of hydrogen-bond donors (Lipinski definition) is 1. The maximum atomic E-state index is 3.55. The lowest BCUT2D eigenvalue weighted by Crippen LogP contribution is -2.31. The van der Waals surface area contributed by atoms with Crippen molar-refractivity contribution in [3.05, 3.63) is 44.3 Å². The molecular weight excluding hydrogens is 272 g/mol. The van der Waals surface area contributed by atoms with Gasteiger partial charge in [-0.05, 0) is 41.9 Å². The maximum absolute atomic E-state index is 3.55. The van der Waals surface area contributed by atoms with Crippen molar-refractivity contribution in [1.29, 1.82) is 0 Å². The predicted octanol–water partition coefficient (Wildman–Crippen LogP) is 3.73. The number of nitrogens with zero attached hydrogens (tertiary/aromatic N) is 1. The Labute approximate surface area is 124 Å². The van der Waals surface area contributed by atoms with Crippen LogP contribution in [0.3, 0.4) is 0 Å². The molecule has 0 radical (unpaired) electrons. The molecule has 19 heavy (non-hydrogen) atoms. The topological polar surface area (TPSA) is 15.3 Å². The van der Waals surface area contributed by atoms with Gasteiger partial charge >= 0.3 is 0 Å². The van der Waals surface area contributed by atoms with Crippen molar-refractivity contribution < 1.29 is 0 Å². The lowest BCUT2D eigenvalue weighted by atomic mass is 10.3. The first kappa shape index (κ1) is 14.7. The number of rotatable bonds is 8. The van der Waals surface area contributed by atoms with E-state index in [1.165, 1.54) is 15.3 Å². The Balaban J connectivity index is 1.67. The van der Waals surface area contributed by atoms with E-state index in [2.05, 4.69) is 53.0 Å². The predicted molar refractivity (Wildman–Crippen MR) is 86.0 cm³/mol. The van der Waals surface area contributed by atoms with E-state index >= 15 is 0 Å². The second-order valence-corrected chi connectivity index (χ2v) is 6.68. The van der Waals surface area contributed by atoms with E-state index < -0.39 is 0 Å². The number of aryl methyl sites for hydroxylation is 1. The van der Waals surface area contributed by atoms with Gasteiger partial charge in [-0.3, -0.25) is 4.90 Å². The molecule has 0 aliphatic rings.